The highest BCUT2D eigenvalue weighted by Gasteiger charge is 2.37. The third kappa shape index (κ3) is 3.90. The lowest BCUT2D eigenvalue weighted by molar-refractivity contribution is 0.00842. The zero-order valence-electron chi connectivity index (χ0n) is 17.8. The molecule has 0 aliphatic carbocycles. The van der Waals surface area contributed by atoms with Crippen LogP contribution in [0.15, 0.2) is 63.1 Å². The summed E-state index contributed by atoms with van der Waals surface area (Å²) in [6, 6.07) is 14.0. The van der Waals surface area contributed by atoms with E-state index in [-0.39, 0.29) is 11.8 Å². The maximum Gasteiger partial charge on any atom is 0.273 e. The normalized spacial score (nSPS) is 18.2. The summed E-state index contributed by atoms with van der Waals surface area (Å²) in [5.41, 5.74) is 2.92. The summed E-state index contributed by atoms with van der Waals surface area (Å²) in [5, 5.41) is 1.80. The average molecular weight is 479 g/mol. The van der Waals surface area contributed by atoms with E-state index in [9.17, 15) is 9.59 Å². The molecular weight excluding hydrogens is 456 g/mol. The number of para-hydroxylation sites is 1. The van der Waals surface area contributed by atoms with Crippen molar-refractivity contribution >= 4 is 34.9 Å². The van der Waals surface area contributed by atoms with Gasteiger partial charge in [0.05, 0.1) is 15.3 Å². The molecule has 7 nitrogen and oxygen atoms in total. The van der Waals surface area contributed by atoms with Gasteiger partial charge in [0.25, 0.3) is 11.8 Å². The van der Waals surface area contributed by atoms with E-state index in [1.807, 2.05) is 52.3 Å². The molecular formula is C24H22N4O3S2. The van der Waals surface area contributed by atoms with Gasteiger partial charge in [0.15, 0.2) is 0 Å². The van der Waals surface area contributed by atoms with Gasteiger partial charge in [-0.05, 0) is 30.3 Å². The van der Waals surface area contributed by atoms with Gasteiger partial charge in [-0.15, -0.1) is 11.3 Å². The van der Waals surface area contributed by atoms with Gasteiger partial charge in [-0.1, -0.05) is 23.9 Å². The molecule has 2 fully saturated rings. The molecule has 4 heterocycles. The second kappa shape index (κ2) is 8.48. The lowest BCUT2D eigenvalue weighted by atomic mass is 10.0. The van der Waals surface area contributed by atoms with Crippen molar-refractivity contribution in [3.05, 3.63) is 64.6 Å². The first kappa shape index (κ1) is 20.7. The summed E-state index contributed by atoms with van der Waals surface area (Å²) in [4.78, 5) is 37.9. The van der Waals surface area contributed by atoms with Crippen molar-refractivity contribution in [2.75, 3.05) is 39.3 Å². The van der Waals surface area contributed by atoms with E-state index in [4.69, 9.17) is 4.74 Å². The molecule has 0 spiro atoms. The topological polar surface area (TPSA) is 66.0 Å². The molecule has 0 atom stereocenters. The summed E-state index contributed by atoms with van der Waals surface area (Å²) >= 11 is 3.08. The molecule has 3 aliphatic rings. The van der Waals surface area contributed by atoms with Gasteiger partial charge >= 0.3 is 0 Å². The SMILES string of the molecule is O=C(c1ccc2c(c1)Sc1ccccc1O2)N1CC(N2CCN(C(=O)c3cscn3)CC2)C1. The first-order chi connectivity index (χ1) is 16.2. The predicted molar refractivity (Wildman–Crippen MR) is 126 cm³/mol. The second-order valence-corrected chi connectivity index (χ2v) is 10.2. The number of ether oxygens (including phenoxy) is 1. The Morgan fingerprint density at radius 2 is 1.70 bits per heavy atom. The number of amides is 2. The fraction of sp³-hybridized carbons (Fsp3) is 0.292. The number of thiazole rings is 1. The Morgan fingerprint density at radius 3 is 2.48 bits per heavy atom. The first-order valence-electron chi connectivity index (χ1n) is 11.0. The average Bonchev–Trinajstić information content (AvgIpc) is 3.36. The molecule has 0 bridgehead atoms. The largest absolute Gasteiger partial charge is 0.455 e. The van der Waals surface area contributed by atoms with Crippen LogP contribution in [0.5, 0.6) is 11.5 Å². The van der Waals surface area contributed by atoms with Gasteiger partial charge < -0.3 is 14.5 Å². The van der Waals surface area contributed by atoms with Crippen LogP contribution in [0.3, 0.4) is 0 Å². The fourth-order valence-electron chi connectivity index (χ4n) is 4.47. The van der Waals surface area contributed by atoms with E-state index < -0.39 is 0 Å². The van der Waals surface area contributed by atoms with Gasteiger partial charge in [0.1, 0.15) is 17.2 Å². The Morgan fingerprint density at radius 1 is 0.909 bits per heavy atom. The minimum atomic E-state index is 0.0122. The number of carbonyl (C=O) groups is 2. The van der Waals surface area contributed by atoms with Crippen LogP contribution in [0.2, 0.25) is 0 Å². The Bertz CT molecular complexity index is 1200. The van der Waals surface area contributed by atoms with Gasteiger partial charge in [-0.2, -0.15) is 0 Å². The summed E-state index contributed by atoms with van der Waals surface area (Å²) in [6.07, 6.45) is 0. The minimum absolute atomic E-state index is 0.0122. The molecule has 6 rings (SSSR count). The quantitative estimate of drug-likeness (QED) is 0.448. The zero-order valence-corrected chi connectivity index (χ0v) is 19.5. The Balaban J connectivity index is 1.04. The molecule has 2 saturated heterocycles. The zero-order chi connectivity index (χ0) is 22.4. The monoisotopic (exact) mass is 478 g/mol. The van der Waals surface area contributed by atoms with Crippen molar-refractivity contribution < 1.29 is 14.3 Å². The lowest BCUT2D eigenvalue weighted by Gasteiger charge is -2.48. The number of nitrogens with zero attached hydrogens (tertiary/aromatic N) is 4. The van der Waals surface area contributed by atoms with Gasteiger partial charge in [0, 0.05) is 56.3 Å². The maximum absolute atomic E-state index is 13.1. The van der Waals surface area contributed by atoms with Crippen molar-refractivity contribution in [2.45, 2.75) is 15.8 Å². The van der Waals surface area contributed by atoms with E-state index in [0.717, 1.165) is 47.5 Å². The minimum Gasteiger partial charge on any atom is -0.455 e. The summed E-state index contributed by atoms with van der Waals surface area (Å²) in [5.74, 6) is 1.72. The van der Waals surface area contributed by atoms with Gasteiger partial charge in [-0.25, -0.2) is 4.98 Å². The molecule has 3 aromatic rings. The van der Waals surface area contributed by atoms with E-state index >= 15 is 0 Å². The van der Waals surface area contributed by atoms with Crippen molar-refractivity contribution in [2.24, 2.45) is 0 Å². The molecule has 2 aromatic carbocycles. The third-order valence-corrected chi connectivity index (χ3v) is 8.08. The van der Waals surface area contributed by atoms with Crippen LogP contribution >= 0.6 is 23.1 Å². The van der Waals surface area contributed by atoms with Crippen LogP contribution in [0.4, 0.5) is 0 Å². The molecule has 9 heteroatoms. The number of aromatic nitrogens is 1. The summed E-state index contributed by atoms with van der Waals surface area (Å²) in [7, 11) is 0. The van der Waals surface area contributed by atoms with Crippen molar-refractivity contribution in [3.8, 4) is 11.5 Å². The number of rotatable bonds is 3. The van der Waals surface area contributed by atoms with E-state index in [1.165, 1.54) is 11.3 Å². The highest BCUT2D eigenvalue weighted by molar-refractivity contribution is 7.99. The number of piperazine rings is 1. The number of hydrogen-bond donors (Lipinski definition) is 0. The number of fused-ring (bicyclic) bond motifs is 2. The smallest absolute Gasteiger partial charge is 0.273 e. The van der Waals surface area contributed by atoms with Crippen LogP contribution < -0.4 is 4.74 Å². The fourth-order valence-corrected chi connectivity index (χ4v) is 5.98. The Kier molecular flexibility index (Phi) is 5.32. The highest BCUT2D eigenvalue weighted by Crippen LogP contribution is 2.47. The van der Waals surface area contributed by atoms with Crippen LogP contribution in [0.1, 0.15) is 20.8 Å². The molecule has 1 aromatic heterocycles. The predicted octanol–water partition coefficient (Wildman–Crippen LogP) is 3.68. The summed E-state index contributed by atoms with van der Waals surface area (Å²) < 4.78 is 5.97. The molecule has 3 aliphatic heterocycles. The Labute approximate surface area is 200 Å². The molecule has 0 radical (unpaired) electrons. The molecule has 2 amide bonds. The summed E-state index contributed by atoms with van der Waals surface area (Å²) in [6.45, 7) is 4.50. The van der Waals surface area contributed by atoms with E-state index in [0.29, 0.717) is 30.4 Å². The molecule has 168 valence electrons. The number of hydrogen-bond acceptors (Lipinski definition) is 7. The Hall–Kier alpha value is -2.88. The van der Waals surface area contributed by atoms with E-state index in [1.54, 1.807) is 22.7 Å². The number of benzene rings is 2. The maximum atomic E-state index is 13.1. The number of carbonyl (C=O) groups excluding carboxylic acids is 2. The van der Waals surface area contributed by atoms with Crippen LogP contribution in [-0.4, -0.2) is 76.8 Å². The highest BCUT2D eigenvalue weighted by atomic mass is 32.2. The van der Waals surface area contributed by atoms with E-state index in [2.05, 4.69) is 9.88 Å². The second-order valence-electron chi connectivity index (χ2n) is 8.38. The van der Waals surface area contributed by atoms with Crippen LogP contribution in [0, 0.1) is 0 Å². The van der Waals surface area contributed by atoms with Gasteiger partial charge in [0.2, 0.25) is 0 Å². The standard InChI is InChI=1S/C24H22N4O3S2/c29-23(16-5-6-20-22(11-16)33-21-4-2-1-3-19(21)31-20)28-12-17(13-28)26-7-9-27(10-8-26)24(30)18-14-32-15-25-18/h1-6,11,14-15,17H,7-10,12-13H2. The van der Waals surface area contributed by atoms with Crippen molar-refractivity contribution in [1.82, 2.24) is 19.7 Å². The van der Waals surface area contributed by atoms with Crippen LogP contribution in [0.25, 0.3) is 0 Å². The third-order valence-electron chi connectivity index (χ3n) is 6.40. The first-order valence-corrected chi connectivity index (χ1v) is 12.7. The van der Waals surface area contributed by atoms with Crippen molar-refractivity contribution in [1.29, 1.82) is 0 Å². The molecule has 0 N–H and O–H groups in total. The lowest BCUT2D eigenvalue weighted by Crippen LogP contribution is -2.64. The molecule has 33 heavy (non-hydrogen) atoms. The van der Waals surface area contributed by atoms with Crippen LogP contribution in [-0.2, 0) is 0 Å². The van der Waals surface area contributed by atoms with Crippen molar-refractivity contribution in [3.63, 3.8) is 0 Å². The number of likely N-dealkylation sites (tertiary alicyclic amines) is 1. The molecule has 0 saturated carbocycles. The molecule has 0 unspecified atom stereocenters. The van der Waals surface area contributed by atoms with Gasteiger partial charge in [-0.3, -0.25) is 14.5 Å².